The van der Waals surface area contributed by atoms with Crippen molar-refractivity contribution in [3.05, 3.63) is 106 Å². The zero-order valence-electron chi connectivity index (χ0n) is 21.8. The molecule has 40 heavy (non-hydrogen) atoms. The van der Waals surface area contributed by atoms with E-state index >= 15 is 0 Å². The zero-order valence-corrected chi connectivity index (χ0v) is 21.8. The maximum absolute atomic E-state index is 12.7. The van der Waals surface area contributed by atoms with Gasteiger partial charge in [0.05, 0.1) is 35.3 Å². The fraction of sp³-hybridized carbons (Fsp3) is 0.286. The van der Waals surface area contributed by atoms with Crippen molar-refractivity contribution in [2.75, 3.05) is 33.7 Å². The summed E-state index contributed by atoms with van der Waals surface area (Å²) in [6.07, 6.45) is -2.55. The van der Waals surface area contributed by atoms with Crippen molar-refractivity contribution in [3.63, 3.8) is 0 Å². The van der Waals surface area contributed by atoms with Crippen LogP contribution in [0.5, 0.6) is 5.75 Å². The minimum Gasteiger partial charge on any atom is -0.468 e. The highest BCUT2D eigenvalue weighted by Crippen LogP contribution is 2.32. The van der Waals surface area contributed by atoms with Crippen molar-refractivity contribution in [3.8, 4) is 5.75 Å². The summed E-state index contributed by atoms with van der Waals surface area (Å²) in [7, 11) is 1.52. The highest BCUT2D eigenvalue weighted by atomic mass is 16.7. The largest absolute Gasteiger partial charge is 0.468 e. The van der Waals surface area contributed by atoms with Crippen LogP contribution in [0, 0.1) is 10.1 Å². The van der Waals surface area contributed by atoms with Gasteiger partial charge in [-0.05, 0) is 29.8 Å². The predicted molar refractivity (Wildman–Crippen MR) is 142 cm³/mol. The first-order valence-electron chi connectivity index (χ1n) is 12.2. The Bertz CT molecular complexity index is 1240. The van der Waals surface area contributed by atoms with E-state index in [1.807, 2.05) is 6.07 Å². The summed E-state index contributed by atoms with van der Waals surface area (Å²) < 4.78 is 26.2. The number of rotatable bonds is 15. The lowest BCUT2D eigenvalue weighted by Gasteiger charge is -2.24. The number of amides is 1. The van der Waals surface area contributed by atoms with Crippen LogP contribution < -0.4 is 10.1 Å². The van der Waals surface area contributed by atoms with Crippen LogP contribution in [0.15, 0.2) is 78.9 Å². The van der Waals surface area contributed by atoms with Gasteiger partial charge in [-0.3, -0.25) is 10.1 Å². The maximum atomic E-state index is 12.7. The highest BCUT2D eigenvalue weighted by molar-refractivity contribution is 5.89. The number of esters is 1. The second-order valence-electron chi connectivity index (χ2n) is 8.36. The third kappa shape index (κ3) is 9.34. The van der Waals surface area contributed by atoms with Gasteiger partial charge in [0, 0.05) is 13.2 Å². The monoisotopic (exact) mass is 554 g/mol. The number of ether oxygens (including phenoxy) is 5. The molecular formula is C28H30N2O10. The molecule has 0 saturated carbocycles. The minimum absolute atomic E-state index is 0.0808. The first kappa shape index (κ1) is 30.0. The van der Waals surface area contributed by atoms with Crippen LogP contribution in [-0.4, -0.2) is 61.9 Å². The molecule has 12 nitrogen and oxygen atoms in total. The van der Waals surface area contributed by atoms with Crippen molar-refractivity contribution < 1.29 is 43.3 Å². The molecule has 3 aromatic rings. The van der Waals surface area contributed by atoms with E-state index in [0.29, 0.717) is 12.2 Å². The number of alkyl carbamates (subject to hydrolysis) is 1. The van der Waals surface area contributed by atoms with Gasteiger partial charge in [-0.2, -0.15) is 0 Å². The number of aliphatic hydroxyl groups excluding tert-OH is 1. The molecule has 0 fully saturated rings. The number of benzene rings is 3. The van der Waals surface area contributed by atoms with Crippen molar-refractivity contribution in [1.29, 1.82) is 0 Å². The van der Waals surface area contributed by atoms with E-state index in [0.717, 1.165) is 0 Å². The molecule has 0 bridgehead atoms. The van der Waals surface area contributed by atoms with Crippen LogP contribution in [0.3, 0.4) is 0 Å². The number of nitrogens with one attached hydrogen (secondary N) is 1. The van der Waals surface area contributed by atoms with Gasteiger partial charge < -0.3 is 34.1 Å². The van der Waals surface area contributed by atoms with Gasteiger partial charge in [0.15, 0.2) is 6.79 Å². The molecule has 0 aliphatic heterocycles. The van der Waals surface area contributed by atoms with Gasteiger partial charge >= 0.3 is 12.1 Å². The predicted octanol–water partition coefficient (Wildman–Crippen LogP) is 3.78. The minimum atomic E-state index is -1.59. The van der Waals surface area contributed by atoms with Crippen molar-refractivity contribution in [2.24, 2.45) is 0 Å². The first-order valence-corrected chi connectivity index (χ1v) is 12.2. The van der Waals surface area contributed by atoms with Gasteiger partial charge in [-0.25, -0.2) is 9.59 Å². The number of nitrogens with zero attached hydrogens (tertiary/aromatic N) is 1. The second kappa shape index (κ2) is 15.8. The maximum Gasteiger partial charge on any atom is 0.408 e. The lowest BCUT2D eigenvalue weighted by Crippen LogP contribution is -2.39. The van der Waals surface area contributed by atoms with E-state index in [2.05, 4.69) is 5.32 Å². The van der Waals surface area contributed by atoms with Crippen LogP contribution >= 0.6 is 0 Å². The Morgan fingerprint density at radius 2 is 1.68 bits per heavy atom. The third-order valence-electron chi connectivity index (χ3n) is 5.54. The van der Waals surface area contributed by atoms with Crippen LogP contribution in [0.2, 0.25) is 0 Å². The molecule has 2 N–H and O–H groups in total. The highest BCUT2D eigenvalue weighted by Gasteiger charge is 2.32. The quantitative estimate of drug-likeness (QED) is 0.0932. The summed E-state index contributed by atoms with van der Waals surface area (Å²) in [6, 6.07) is 19.4. The fourth-order valence-corrected chi connectivity index (χ4v) is 3.54. The summed E-state index contributed by atoms with van der Waals surface area (Å²) in [4.78, 5) is 36.3. The van der Waals surface area contributed by atoms with Crippen molar-refractivity contribution in [2.45, 2.75) is 18.8 Å². The summed E-state index contributed by atoms with van der Waals surface area (Å²) in [5.41, 5.74) is 0.450. The molecule has 0 radical (unpaired) electrons. The van der Waals surface area contributed by atoms with Crippen LogP contribution in [-0.2, 0) is 25.6 Å². The lowest BCUT2D eigenvalue weighted by molar-refractivity contribution is -0.385. The van der Waals surface area contributed by atoms with Crippen LogP contribution in [0.4, 0.5) is 10.5 Å². The number of nitro benzene ring substituents is 1. The molecule has 0 aliphatic rings. The smallest absolute Gasteiger partial charge is 0.408 e. The molecule has 3 aromatic carbocycles. The molecular weight excluding hydrogens is 524 g/mol. The van der Waals surface area contributed by atoms with Gasteiger partial charge in [0.2, 0.25) is 0 Å². The standard InChI is InChI=1S/C28H30N2O10/c1-36-14-15-37-19-40-22-12-13-24(30(34)35)23(16-22)26(29-28(33)39-17-20-8-4-2-5-9-20)25(31)18-38-27(32)21-10-6-3-7-11-21/h2-13,16,25-26,31H,14-15,17-19H2,1H3,(H,29,33)/t25-,26-/m0/s1. The number of carbonyl (C=O) groups excluding carboxylic acids is 2. The van der Waals surface area contributed by atoms with Crippen molar-refractivity contribution >= 4 is 17.7 Å². The molecule has 0 aliphatic carbocycles. The summed E-state index contributed by atoms with van der Waals surface area (Å²) in [5, 5.41) is 25.3. The number of aliphatic hydroxyl groups is 1. The average Bonchev–Trinajstić information content (AvgIpc) is 2.98. The topological polar surface area (TPSA) is 156 Å². The Morgan fingerprint density at radius 1 is 0.975 bits per heavy atom. The number of hydrogen-bond acceptors (Lipinski definition) is 10. The number of hydrogen-bond donors (Lipinski definition) is 2. The second-order valence-corrected chi connectivity index (χ2v) is 8.36. The molecule has 0 aromatic heterocycles. The van der Waals surface area contributed by atoms with E-state index in [-0.39, 0.29) is 36.9 Å². The Hall–Kier alpha value is -4.52. The Balaban J connectivity index is 1.81. The molecule has 212 valence electrons. The Labute approximate surface area is 230 Å². The number of nitro groups is 1. The van der Waals surface area contributed by atoms with Gasteiger partial charge in [0.1, 0.15) is 25.1 Å². The lowest BCUT2D eigenvalue weighted by atomic mass is 9.99. The molecule has 0 unspecified atom stereocenters. The molecule has 1 amide bonds. The Kier molecular flexibility index (Phi) is 11.9. The summed E-state index contributed by atoms with van der Waals surface area (Å²) in [6.45, 7) is -0.226. The molecule has 3 rings (SSSR count). The summed E-state index contributed by atoms with van der Waals surface area (Å²) >= 11 is 0. The van der Waals surface area contributed by atoms with E-state index in [4.69, 9.17) is 23.7 Å². The normalized spacial score (nSPS) is 12.2. The fourth-order valence-electron chi connectivity index (χ4n) is 3.54. The van der Waals surface area contributed by atoms with E-state index in [1.54, 1.807) is 42.5 Å². The zero-order chi connectivity index (χ0) is 28.7. The van der Waals surface area contributed by atoms with Gasteiger partial charge in [-0.15, -0.1) is 0 Å². The van der Waals surface area contributed by atoms with E-state index in [9.17, 15) is 24.8 Å². The van der Waals surface area contributed by atoms with E-state index in [1.165, 1.54) is 37.4 Å². The van der Waals surface area contributed by atoms with Crippen LogP contribution in [0.1, 0.15) is 27.5 Å². The average molecular weight is 555 g/mol. The molecule has 0 saturated heterocycles. The molecule has 12 heteroatoms. The van der Waals surface area contributed by atoms with Gasteiger partial charge in [0.25, 0.3) is 5.69 Å². The molecule has 0 spiro atoms. The first-order chi connectivity index (χ1) is 19.4. The number of methoxy groups -OCH3 is 1. The summed E-state index contributed by atoms with van der Waals surface area (Å²) in [5.74, 6) is -0.541. The van der Waals surface area contributed by atoms with Crippen molar-refractivity contribution in [1.82, 2.24) is 5.32 Å². The van der Waals surface area contributed by atoms with Crippen LogP contribution in [0.25, 0.3) is 0 Å². The Morgan fingerprint density at radius 3 is 2.35 bits per heavy atom. The SMILES string of the molecule is COCCOCOc1ccc([N+](=O)[O-])c([C@H](NC(=O)OCc2ccccc2)[C@@H](O)COC(=O)c2ccccc2)c1. The van der Waals surface area contributed by atoms with E-state index < -0.39 is 41.4 Å². The van der Waals surface area contributed by atoms with Gasteiger partial charge in [-0.1, -0.05) is 48.5 Å². The molecule has 2 atom stereocenters. The number of carbonyl (C=O) groups is 2. The third-order valence-corrected chi connectivity index (χ3v) is 5.54. The molecule has 0 heterocycles.